The Labute approximate surface area is 132 Å². The van der Waals surface area contributed by atoms with Gasteiger partial charge in [0, 0.05) is 22.0 Å². The van der Waals surface area contributed by atoms with Gasteiger partial charge in [-0.15, -0.1) is 11.3 Å². The van der Waals surface area contributed by atoms with E-state index in [4.69, 9.17) is 23.2 Å². The van der Waals surface area contributed by atoms with E-state index in [1.807, 2.05) is 18.4 Å². The highest BCUT2D eigenvalue weighted by Crippen LogP contribution is 2.22. The predicted octanol–water partition coefficient (Wildman–Crippen LogP) is 4.76. The van der Waals surface area contributed by atoms with Crippen LogP contribution < -0.4 is 0 Å². The van der Waals surface area contributed by atoms with Crippen molar-refractivity contribution in [1.82, 2.24) is 4.90 Å². The first-order chi connectivity index (χ1) is 9.60. The third-order valence-corrected chi connectivity index (χ3v) is 4.41. The van der Waals surface area contributed by atoms with Crippen LogP contribution in [0.3, 0.4) is 0 Å². The quantitative estimate of drug-likeness (QED) is 0.713. The van der Waals surface area contributed by atoms with E-state index >= 15 is 0 Å². The van der Waals surface area contributed by atoms with Crippen molar-refractivity contribution in [3.63, 3.8) is 0 Å². The summed E-state index contributed by atoms with van der Waals surface area (Å²) in [7, 11) is 0. The molecule has 106 valence electrons. The maximum atomic E-state index is 12.3. The highest BCUT2D eigenvalue weighted by molar-refractivity contribution is 7.09. The Morgan fingerprint density at radius 3 is 2.70 bits per heavy atom. The van der Waals surface area contributed by atoms with Crippen molar-refractivity contribution in [1.29, 1.82) is 0 Å². The highest BCUT2D eigenvalue weighted by Gasteiger charge is 2.15. The smallest absolute Gasteiger partial charge is 0.178 e. The maximum absolute atomic E-state index is 12.3. The van der Waals surface area contributed by atoms with E-state index < -0.39 is 0 Å². The van der Waals surface area contributed by atoms with Crippen LogP contribution in [-0.2, 0) is 6.54 Å². The second kappa shape index (κ2) is 7.23. The van der Waals surface area contributed by atoms with Gasteiger partial charge in [-0.1, -0.05) is 36.2 Å². The van der Waals surface area contributed by atoms with Crippen molar-refractivity contribution in [2.75, 3.05) is 13.1 Å². The van der Waals surface area contributed by atoms with Crippen molar-refractivity contribution >= 4 is 40.3 Å². The molecule has 1 aromatic heterocycles. The van der Waals surface area contributed by atoms with Crippen LogP contribution in [0.1, 0.15) is 22.2 Å². The summed E-state index contributed by atoms with van der Waals surface area (Å²) in [6.45, 7) is 4.00. The number of carbonyl (C=O) groups is 1. The summed E-state index contributed by atoms with van der Waals surface area (Å²) in [4.78, 5) is 15.7. The van der Waals surface area contributed by atoms with Crippen molar-refractivity contribution in [2.24, 2.45) is 0 Å². The van der Waals surface area contributed by atoms with Gasteiger partial charge in [-0.2, -0.15) is 0 Å². The van der Waals surface area contributed by atoms with Crippen molar-refractivity contribution in [3.8, 4) is 0 Å². The largest absolute Gasteiger partial charge is 0.293 e. The fraction of sp³-hybridized carbons (Fsp3) is 0.267. The number of nitrogens with zero attached hydrogens (tertiary/aromatic N) is 1. The van der Waals surface area contributed by atoms with Crippen LogP contribution in [0.2, 0.25) is 10.0 Å². The monoisotopic (exact) mass is 327 g/mol. The lowest BCUT2D eigenvalue weighted by atomic mass is 10.1. The van der Waals surface area contributed by atoms with Crippen molar-refractivity contribution in [3.05, 3.63) is 56.2 Å². The molecule has 0 radical (unpaired) electrons. The van der Waals surface area contributed by atoms with E-state index in [-0.39, 0.29) is 5.78 Å². The number of hydrogen-bond donors (Lipinski definition) is 0. The van der Waals surface area contributed by atoms with Crippen LogP contribution >= 0.6 is 34.5 Å². The lowest BCUT2D eigenvalue weighted by molar-refractivity contribution is 0.0930. The molecule has 0 aliphatic rings. The van der Waals surface area contributed by atoms with Crippen LogP contribution in [0, 0.1) is 0 Å². The molecular formula is C15H15Cl2NOS. The second-order valence-electron chi connectivity index (χ2n) is 4.43. The fourth-order valence-corrected chi connectivity index (χ4v) is 3.17. The van der Waals surface area contributed by atoms with Gasteiger partial charge in [-0.25, -0.2) is 0 Å². The molecule has 2 rings (SSSR count). The molecule has 0 aliphatic carbocycles. The molecule has 0 atom stereocenters. The average Bonchev–Trinajstić information content (AvgIpc) is 2.90. The Morgan fingerprint density at radius 1 is 1.30 bits per heavy atom. The summed E-state index contributed by atoms with van der Waals surface area (Å²) in [6, 6.07) is 9.08. The van der Waals surface area contributed by atoms with Crippen LogP contribution in [-0.4, -0.2) is 23.8 Å². The maximum Gasteiger partial charge on any atom is 0.178 e. The summed E-state index contributed by atoms with van der Waals surface area (Å²) >= 11 is 13.6. The van der Waals surface area contributed by atoms with E-state index in [0.717, 1.165) is 13.1 Å². The minimum atomic E-state index is 0.0186. The third-order valence-electron chi connectivity index (χ3n) is 3.01. The molecule has 1 heterocycles. The summed E-state index contributed by atoms with van der Waals surface area (Å²) in [5, 5.41) is 2.99. The predicted molar refractivity (Wildman–Crippen MR) is 86.1 cm³/mol. The average molecular weight is 328 g/mol. The molecule has 2 nitrogen and oxygen atoms in total. The second-order valence-corrected chi connectivity index (χ2v) is 6.31. The number of hydrogen-bond acceptors (Lipinski definition) is 3. The molecule has 0 fully saturated rings. The minimum absolute atomic E-state index is 0.0186. The van der Waals surface area contributed by atoms with Crippen molar-refractivity contribution < 1.29 is 4.79 Å². The molecular weight excluding hydrogens is 313 g/mol. The first-order valence-electron chi connectivity index (χ1n) is 6.33. The molecule has 0 amide bonds. The Morgan fingerprint density at radius 2 is 2.10 bits per heavy atom. The molecule has 1 aromatic carbocycles. The molecule has 0 spiro atoms. The molecule has 20 heavy (non-hydrogen) atoms. The Hall–Kier alpha value is -0.870. The molecule has 0 saturated carbocycles. The van der Waals surface area contributed by atoms with E-state index in [1.165, 1.54) is 4.88 Å². The van der Waals surface area contributed by atoms with Gasteiger partial charge in [0.15, 0.2) is 5.78 Å². The summed E-state index contributed by atoms with van der Waals surface area (Å²) < 4.78 is 0. The van der Waals surface area contributed by atoms with Crippen LogP contribution in [0.25, 0.3) is 0 Å². The van der Waals surface area contributed by atoms with Gasteiger partial charge in [0.25, 0.3) is 0 Å². The molecule has 5 heteroatoms. The molecule has 0 saturated heterocycles. The SMILES string of the molecule is CCN(CC(=O)c1ccc(Cl)cc1Cl)Cc1cccs1. The van der Waals surface area contributed by atoms with E-state index in [0.29, 0.717) is 22.2 Å². The topological polar surface area (TPSA) is 20.3 Å². The van der Waals surface area contributed by atoms with Gasteiger partial charge in [0.1, 0.15) is 0 Å². The minimum Gasteiger partial charge on any atom is -0.293 e. The Kier molecular flexibility index (Phi) is 5.61. The van der Waals surface area contributed by atoms with Gasteiger partial charge in [-0.3, -0.25) is 9.69 Å². The number of benzene rings is 1. The number of ketones is 1. The zero-order chi connectivity index (χ0) is 14.5. The van der Waals surface area contributed by atoms with Crippen LogP contribution in [0.4, 0.5) is 0 Å². The standard InChI is InChI=1S/C15H15Cl2NOS/c1-2-18(9-12-4-3-7-20-12)10-15(19)13-6-5-11(16)8-14(13)17/h3-8H,2,9-10H2,1H3. The molecule has 0 bridgehead atoms. The van der Waals surface area contributed by atoms with E-state index in [2.05, 4.69) is 11.0 Å². The lowest BCUT2D eigenvalue weighted by Crippen LogP contribution is -2.29. The molecule has 0 aliphatic heterocycles. The van der Waals surface area contributed by atoms with Crippen LogP contribution in [0.5, 0.6) is 0 Å². The number of Topliss-reactive ketones (excluding diaryl/α,β-unsaturated/α-hetero) is 1. The van der Waals surface area contributed by atoms with Gasteiger partial charge in [-0.05, 0) is 36.2 Å². The third kappa shape index (κ3) is 4.06. The zero-order valence-electron chi connectivity index (χ0n) is 11.1. The molecule has 2 aromatic rings. The molecule has 0 N–H and O–H groups in total. The Balaban J connectivity index is 2.05. The van der Waals surface area contributed by atoms with E-state index in [1.54, 1.807) is 29.5 Å². The lowest BCUT2D eigenvalue weighted by Gasteiger charge is -2.19. The first-order valence-corrected chi connectivity index (χ1v) is 7.96. The number of rotatable bonds is 6. The number of carbonyl (C=O) groups excluding carboxylic acids is 1. The normalized spacial score (nSPS) is 11.0. The van der Waals surface area contributed by atoms with Gasteiger partial charge >= 0.3 is 0 Å². The van der Waals surface area contributed by atoms with Gasteiger partial charge in [0.2, 0.25) is 0 Å². The van der Waals surface area contributed by atoms with Gasteiger partial charge < -0.3 is 0 Å². The van der Waals surface area contributed by atoms with E-state index in [9.17, 15) is 4.79 Å². The summed E-state index contributed by atoms with van der Waals surface area (Å²) in [6.07, 6.45) is 0. The van der Waals surface area contributed by atoms with Crippen LogP contribution in [0.15, 0.2) is 35.7 Å². The first kappa shape index (κ1) is 15.5. The zero-order valence-corrected chi connectivity index (χ0v) is 13.4. The number of likely N-dealkylation sites (N-methyl/N-ethyl adjacent to an activating group) is 1. The van der Waals surface area contributed by atoms with Crippen molar-refractivity contribution in [2.45, 2.75) is 13.5 Å². The Bertz CT molecular complexity index is 584. The highest BCUT2D eigenvalue weighted by atomic mass is 35.5. The number of halogens is 2. The molecule has 0 unspecified atom stereocenters. The van der Waals surface area contributed by atoms with Gasteiger partial charge in [0.05, 0.1) is 11.6 Å². The fourth-order valence-electron chi connectivity index (χ4n) is 1.91. The number of thiophene rings is 1. The summed E-state index contributed by atoms with van der Waals surface area (Å²) in [5.74, 6) is 0.0186. The summed E-state index contributed by atoms with van der Waals surface area (Å²) in [5.41, 5.74) is 0.528.